The molecule has 0 spiro atoms. The molecule has 0 bridgehead atoms. The van der Waals surface area contributed by atoms with Crippen molar-refractivity contribution in [2.75, 3.05) is 0 Å². The number of nitrogens with two attached hydrogens (primary N) is 1. The normalized spacial score (nSPS) is 12.5. The lowest BCUT2D eigenvalue weighted by molar-refractivity contribution is -0.0561. The number of ether oxygens (including phenoxy) is 1. The van der Waals surface area contributed by atoms with Gasteiger partial charge in [0.2, 0.25) is 0 Å². The number of benzene rings is 1. The van der Waals surface area contributed by atoms with Crippen molar-refractivity contribution in [3.63, 3.8) is 0 Å². The molecule has 0 saturated heterocycles. The van der Waals surface area contributed by atoms with Crippen LogP contribution in [0.25, 0.3) is 0 Å². The predicted molar refractivity (Wildman–Crippen MR) is 66.1 cm³/mol. The maximum absolute atomic E-state index is 13.8. The van der Waals surface area contributed by atoms with E-state index < -0.39 is 35.3 Å². The highest BCUT2D eigenvalue weighted by atomic mass is 35.5. The van der Waals surface area contributed by atoms with Crippen LogP contribution in [0.3, 0.4) is 0 Å². The Morgan fingerprint density at radius 3 is 2.33 bits per heavy atom. The molecule has 1 aromatic heterocycles. The van der Waals surface area contributed by atoms with E-state index in [2.05, 4.69) is 14.7 Å². The molecule has 1 heterocycles. The summed E-state index contributed by atoms with van der Waals surface area (Å²) < 4.78 is 54.8. The van der Waals surface area contributed by atoms with Crippen LogP contribution in [-0.4, -0.2) is 16.6 Å². The first-order valence-corrected chi connectivity index (χ1v) is 5.93. The first-order chi connectivity index (χ1) is 9.90. The molecular weight excluding hydrogens is 314 g/mol. The van der Waals surface area contributed by atoms with Crippen LogP contribution in [0, 0.1) is 11.6 Å². The highest BCUT2D eigenvalue weighted by Crippen LogP contribution is 2.28. The molecule has 0 amide bonds. The molecule has 1 unspecified atom stereocenters. The summed E-state index contributed by atoms with van der Waals surface area (Å²) in [4.78, 5) is 7.02. The Hall–Kier alpha value is -1.93. The maximum Gasteiger partial charge on any atom is 0.389 e. The lowest BCUT2D eigenvalue weighted by Gasteiger charge is -2.14. The lowest BCUT2D eigenvalue weighted by Crippen LogP contribution is -2.15. The third-order valence-corrected chi connectivity index (χ3v) is 2.95. The molecule has 1 atom stereocenters. The van der Waals surface area contributed by atoms with Gasteiger partial charge in [0, 0.05) is 23.5 Å². The van der Waals surface area contributed by atoms with Crippen molar-refractivity contribution in [2.45, 2.75) is 12.7 Å². The minimum atomic E-state index is -3.06. The van der Waals surface area contributed by atoms with E-state index in [1.54, 1.807) is 0 Å². The van der Waals surface area contributed by atoms with Crippen LogP contribution in [0.5, 0.6) is 6.01 Å². The first kappa shape index (κ1) is 15.5. The average Bonchev–Trinajstić information content (AvgIpc) is 2.44. The fourth-order valence-electron chi connectivity index (χ4n) is 1.59. The summed E-state index contributed by atoms with van der Waals surface area (Å²) in [7, 11) is 0. The van der Waals surface area contributed by atoms with Crippen LogP contribution < -0.4 is 10.5 Å². The van der Waals surface area contributed by atoms with Crippen molar-refractivity contribution in [1.29, 1.82) is 0 Å². The molecule has 0 aliphatic carbocycles. The minimum Gasteiger partial charge on any atom is -0.401 e. The number of hydrogen-bond donors (Lipinski definition) is 1. The molecule has 4 nitrogen and oxygen atoms in total. The van der Waals surface area contributed by atoms with Crippen molar-refractivity contribution < 1.29 is 22.3 Å². The van der Waals surface area contributed by atoms with E-state index in [4.69, 9.17) is 17.3 Å². The van der Waals surface area contributed by atoms with Gasteiger partial charge in [-0.1, -0.05) is 17.7 Å². The van der Waals surface area contributed by atoms with E-state index in [9.17, 15) is 17.6 Å². The third kappa shape index (κ3) is 3.40. The average molecular weight is 322 g/mol. The predicted octanol–water partition coefficient (Wildman–Crippen LogP) is 3.06. The quantitative estimate of drug-likeness (QED) is 0.694. The fourth-order valence-corrected chi connectivity index (χ4v) is 1.76. The smallest absolute Gasteiger partial charge is 0.389 e. The molecule has 1 aromatic carbocycles. The topological polar surface area (TPSA) is 61.0 Å². The van der Waals surface area contributed by atoms with Crippen LogP contribution >= 0.6 is 11.6 Å². The number of halogens is 5. The Labute approximate surface area is 121 Å². The van der Waals surface area contributed by atoms with Gasteiger partial charge in [0.15, 0.2) is 0 Å². The monoisotopic (exact) mass is 321 g/mol. The number of rotatable bonds is 4. The van der Waals surface area contributed by atoms with Crippen LogP contribution in [-0.2, 0) is 0 Å². The van der Waals surface area contributed by atoms with Crippen LogP contribution in [0.15, 0.2) is 24.5 Å². The van der Waals surface area contributed by atoms with Gasteiger partial charge < -0.3 is 10.5 Å². The van der Waals surface area contributed by atoms with Gasteiger partial charge in [0.25, 0.3) is 0 Å². The van der Waals surface area contributed by atoms with Crippen molar-refractivity contribution in [2.24, 2.45) is 5.73 Å². The van der Waals surface area contributed by atoms with Crippen molar-refractivity contribution >= 4 is 11.6 Å². The molecule has 2 rings (SSSR count). The fraction of sp³-hybridized carbons (Fsp3) is 0.167. The SMILES string of the molecule is NC(c1cnc(OC(F)F)nc1)c1ccc(F)c(Cl)c1F. The van der Waals surface area contributed by atoms with Crippen molar-refractivity contribution in [3.8, 4) is 6.01 Å². The zero-order chi connectivity index (χ0) is 15.6. The van der Waals surface area contributed by atoms with Gasteiger partial charge >= 0.3 is 12.6 Å². The van der Waals surface area contributed by atoms with E-state index in [0.717, 1.165) is 24.5 Å². The highest BCUT2D eigenvalue weighted by Gasteiger charge is 2.19. The van der Waals surface area contributed by atoms with Gasteiger partial charge in [-0.15, -0.1) is 0 Å². The molecule has 0 fully saturated rings. The molecule has 0 aliphatic heterocycles. The molecule has 9 heteroatoms. The molecule has 2 N–H and O–H groups in total. The van der Waals surface area contributed by atoms with Gasteiger partial charge in [0.1, 0.15) is 16.7 Å². The number of hydrogen-bond acceptors (Lipinski definition) is 4. The van der Waals surface area contributed by atoms with E-state index in [0.29, 0.717) is 0 Å². The summed E-state index contributed by atoms with van der Waals surface area (Å²) in [6.07, 6.45) is 2.21. The number of alkyl halides is 2. The Bertz CT molecular complexity index is 639. The van der Waals surface area contributed by atoms with Gasteiger partial charge in [-0.05, 0) is 6.07 Å². The second-order valence-corrected chi connectivity index (χ2v) is 4.30. The Kier molecular flexibility index (Phi) is 4.59. The standard InChI is InChI=1S/C12H8ClF4N3O/c13-8-7(14)2-1-6(9(8)15)10(18)5-3-19-12(20-4-5)21-11(16)17/h1-4,10-11H,18H2. The summed E-state index contributed by atoms with van der Waals surface area (Å²) in [5, 5.41) is -0.679. The molecule has 0 radical (unpaired) electrons. The number of aromatic nitrogens is 2. The molecular formula is C12H8ClF4N3O. The van der Waals surface area contributed by atoms with E-state index >= 15 is 0 Å². The molecule has 0 aliphatic rings. The van der Waals surface area contributed by atoms with Crippen molar-refractivity contribution in [3.05, 3.63) is 52.3 Å². The largest absolute Gasteiger partial charge is 0.401 e. The zero-order valence-electron chi connectivity index (χ0n) is 10.2. The second-order valence-electron chi connectivity index (χ2n) is 3.92. The third-order valence-electron chi connectivity index (χ3n) is 2.60. The van der Waals surface area contributed by atoms with Crippen LogP contribution in [0.1, 0.15) is 17.2 Å². The summed E-state index contributed by atoms with van der Waals surface area (Å²) in [5.74, 6) is -1.92. The first-order valence-electron chi connectivity index (χ1n) is 5.56. The van der Waals surface area contributed by atoms with E-state index in [1.807, 2.05) is 0 Å². The van der Waals surface area contributed by atoms with Gasteiger partial charge in [0.05, 0.1) is 6.04 Å². The van der Waals surface area contributed by atoms with Crippen LogP contribution in [0.4, 0.5) is 17.6 Å². The Morgan fingerprint density at radius 2 is 1.76 bits per heavy atom. The van der Waals surface area contributed by atoms with Gasteiger partial charge in [-0.2, -0.15) is 8.78 Å². The van der Waals surface area contributed by atoms with Crippen LogP contribution in [0.2, 0.25) is 5.02 Å². The molecule has 21 heavy (non-hydrogen) atoms. The second kappa shape index (κ2) is 6.23. The zero-order valence-corrected chi connectivity index (χ0v) is 11.0. The highest BCUT2D eigenvalue weighted by molar-refractivity contribution is 6.30. The van der Waals surface area contributed by atoms with Gasteiger partial charge in [-0.25, -0.2) is 18.7 Å². The van der Waals surface area contributed by atoms with E-state index in [1.165, 1.54) is 0 Å². The number of nitrogens with zero attached hydrogens (tertiary/aromatic N) is 2. The Morgan fingerprint density at radius 1 is 1.14 bits per heavy atom. The molecule has 112 valence electrons. The maximum atomic E-state index is 13.8. The minimum absolute atomic E-state index is 0.0764. The van der Waals surface area contributed by atoms with Gasteiger partial charge in [-0.3, -0.25) is 0 Å². The van der Waals surface area contributed by atoms with E-state index in [-0.39, 0.29) is 11.1 Å². The Balaban J connectivity index is 2.28. The summed E-state index contributed by atoms with van der Waals surface area (Å²) in [5.41, 5.74) is 5.94. The summed E-state index contributed by atoms with van der Waals surface area (Å²) in [6.45, 7) is -3.06. The van der Waals surface area contributed by atoms with Crippen molar-refractivity contribution in [1.82, 2.24) is 9.97 Å². The molecule has 2 aromatic rings. The molecule has 0 saturated carbocycles. The lowest BCUT2D eigenvalue weighted by atomic mass is 10.0. The summed E-state index contributed by atoms with van der Waals surface area (Å²) >= 11 is 5.46. The summed E-state index contributed by atoms with van der Waals surface area (Å²) in [6, 6.07) is 0.516.